The molecule has 2 aromatic carbocycles. The van der Waals surface area contributed by atoms with E-state index < -0.39 is 0 Å². The summed E-state index contributed by atoms with van der Waals surface area (Å²) in [6.07, 6.45) is 0.421. The molecule has 0 heterocycles. The smallest absolute Gasteiger partial charge is 0.160 e. The van der Waals surface area contributed by atoms with E-state index >= 15 is 0 Å². The van der Waals surface area contributed by atoms with E-state index in [4.69, 9.17) is 14.2 Å². The predicted molar refractivity (Wildman–Crippen MR) is 96.6 cm³/mol. The molecule has 0 fully saturated rings. The topological polar surface area (TPSA) is 27.7 Å². The van der Waals surface area contributed by atoms with Gasteiger partial charge in [-0.3, -0.25) is 0 Å². The summed E-state index contributed by atoms with van der Waals surface area (Å²) in [6, 6.07) is 20.3. The van der Waals surface area contributed by atoms with Gasteiger partial charge in [0.05, 0.1) is 25.4 Å². The van der Waals surface area contributed by atoms with Crippen molar-refractivity contribution in [1.29, 1.82) is 0 Å². The largest absolute Gasteiger partial charge is 0.376 e. The maximum absolute atomic E-state index is 5.96. The van der Waals surface area contributed by atoms with Crippen molar-refractivity contribution in [1.82, 2.24) is 0 Å². The fraction of sp³-hybridized carbons (Fsp3) is 0.429. The number of ether oxygens (including phenoxy) is 3. The lowest BCUT2D eigenvalue weighted by atomic mass is 10.2. The Bertz CT molecular complexity index is 517. The molecule has 2 aromatic rings. The van der Waals surface area contributed by atoms with Gasteiger partial charge in [0.2, 0.25) is 0 Å². The van der Waals surface area contributed by atoms with Gasteiger partial charge < -0.3 is 14.2 Å². The summed E-state index contributed by atoms with van der Waals surface area (Å²) < 4.78 is 17.7. The second kappa shape index (κ2) is 9.58. The molecule has 0 radical (unpaired) electrons. The second-order valence-electron chi connectivity index (χ2n) is 6.77. The van der Waals surface area contributed by atoms with E-state index in [2.05, 4.69) is 45.0 Å². The Morgan fingerprint density at radius 3 is 1.62 bits per heavy atom. The quantitative estimate of drug-likeness (QED) is 0.610. The Morgan fingerprint density at radius 2 is 1.21 bits per heavy atom. The van der Waals surface area contributed by atoms with Crippen LogP contribution in [0, 0.1) is 0 Å². The molecule has 2 rings (SSSR count). The second-order valence-corrected chi connectivity index (χ2v) is 6.77. The van der Waals surface area contributed by atoms with Gasteiger partial charge in [-0.2, -0.15) is 0 Å². The molecule has 0 atom stereocenters. The third-order valence-electron chi connectivity index (χ3n) is 3.45. The zero-order valence-electron chi connectivity index (χ0n) is 14.9. The molecule has 0 aliphatic carbocycles. The molecular weight excluding hydrogens is 300 g/mol. The first-order chi connectivity index (χ1) is 11.5. The van der Waals surface area contributed by atoms with E-state index in [1.54, 1.807) is 0 Å². The van der Waals surface area contributed by atoms with Crippen LogP contribution < -0.4 is 0 Å². The summed E-state index contributed by atoms with van der Waals surface area (Å²) in [5, 5.41) is 0. The first kappa shape index (κ1) is 18.7. The number of hydrogen-bond acceptors (Lipinski definition) is 3. The molecular formula is C21H28O3. The molecule has 0 saturated heterocycles. The van der Waals surface area contributed by atoms with Crippen molar-refractivity contribution in [3.8, 4) is 0 Å². The molecule has 0 unspecified atom stereocenters. The van der Waals surface area contributed by atoms with Gasteiger partial charge >= 0.3 is 0 Å². The Kier molecular flexibility index (Phi) is 7.44. The third kappa shape index (κ3) is 7.73. The summed E-state index contributed by atoms with van der Waals surface area (Å²) in [6.45, 7) is 7.84. The van der Waals surface area contributed by atoms with E-state index in [-0.39, 0.29) is 11.9 Å². The van der Waals surface area contributed by atoms with Crippen molar-refractivity contribution in [2.24, 2.45) is 0 Å². The third-order valence-corrected chi connectivity index (χ3v) is 3.45. The Labute approximate surface area is 145 Å². The highest BCUT2D eigenvalue weighted by atomic mass is 16.7. The average Bonchev–Trinajstić information content (AvgIpc) is 2.57. The van der Waals surface area contributed by atoms with Crippen LogP contribution in [0.1, 0.15) is 38.3 Å². The molecule has 0 bridgehead atoms. The van der Waals surface area contributed by atoms with Crippen molar-refractivity contribution in [2.45, 2.75) is 52.3 Å². The molecule has 3 nitrogen and oxygen atoms in total. The molecule has 3 heteroatoms. The van der Waals surface area contributed by atoms with Crippen molar-refractivity contribution >= 4 is 0 Å². The van der Waals surface area contributed by atoms with Gasteiger partial charge in [-0.05, 0) is 31.9 Å². The first-order valence-electron chi connectivity index (χ1n) is 8.48. The fourth-order valence-electron chi connectivity index (χ4n) is 2.20. The minimum atomic E-state index is -0.284. The van der Waals surface area contributed by atoms with E-state index in [0.717, 1.165) is 11.1 Å². The molecule has 130 valence electrons. The fourth-order valence-corrected chi connectivity index (χ4v) is 2.20. The van der Waals surface area contributed by atoms with Gasteiger partial charge in [-0.1, -0.05) is 60.7 Å². The summed E-state index contributed by atoms with van der Waals surface area (Å²) in [4.78, 5) is 0. The van der Waals surface area contributed by atoms with Crippen LogP contribution in [-0.2, 0) is 27.4 Å². The van der Waals surface area contributed by atoms with Crippen molar-refractivity contribution in [3.05, 3.63) is 71.8 Å². The maximum Gasteiger partial charge on any atom is 0.160 e. The number of hydrogen-bond donors (Lipinski definition) is 0. The van der Waals surface area contributed by atoms with E-state index in [1.165, 1.54) is 0 Å². The van der Waals surface area contributed by atoms with Crippen molar-refractivity contribution in [3.63, 3.8) is 0 Å². The number of benzene rings is 2. The Hall–Kier alpha value is -1.68. The van der Waals surface area contributed by atoms with Crippen molar-refractivity contribution in [2.75, 3.05) is 6.61 Å². The highest BCUT2D eigenvalue weighted by Gasteiger charge is 2.14. The van der Waals surface area contributed by atoms with Gasteiger partial charge in [0, 0.05) is 6.42 Å². The monoisotopic (exact) mass is 328 g/mol. The first-order valence-corrected chi connectivity index (χ1v) is 8.48. The molecule has 0 aromatic heterocycles. The highest BCUT2D eigenvalue weighted by Crippen LogP contribution is 2.13. The minimum absolute atomic E-state index is 0.149. The van der Waals surface area contributed by atoms with E-state index in [1.807, 2.05) is 36.4 Å². The van der Waals surface area contributed by atoms with Crippen LogP contribution in [0.5, 0.6) is 0 Å². The van der Waals surface area contributed by atoms with Crippen LogP contribution in [0.2, 0.25) is 0 Å². The summed E-state index contributed by atoms with van der Waals surface area (Å²) in [5.41, 5.74) is 2.13. The molecule has 24 heavy (non-hydrogen) atoms. The van der Waals surface area contributed by atoms with Crippen molar-refractivity contribution < 1.29 is 14.2 Å². The normalized spacial score (nSPS) is 11.8. The van der Waals surface area contributed by atoms with Gasteiger partial charge in [0.1, 0.15) is 0 Å². The Balaban J connectivity index is 1.85. The van der Waals surface area contributed by atoms with Crippen LogP contribution >= 0.6 is 0 Å². The number of rotatable bonds is 9. The summed E-state index contributed by atoms with van der Waals surface area (Å²) >= 11 is 0. The highest BCUT2D eigenvalue weighted by molar-refractivity contribution is 5.14. The molecule has 0 aliphatic heterocycles. The lowest BCUT2D eigenvalue weighted by Crippen LogP contribution is -2.24. The van der Waals surface area contributed by atoms with Gasteiger partial charge in [0.25, 0.3) is 0 Å². The minimum Gasteiger partial charge on any atom is -0.376 e. The van der Waals surface area contributed by atoms with Crippen LogP contribution in [0.15, 0.2) is 60.7 Å². The SMILES string of the molecule is CC(C)(C)OCCC(OCc1ccccc1)OCc1ccccc1. The van der Waals surface area contributed by atoms with Crippen LogP contribution in [-0.4, -0.2) is 18.5 Å². The van der Waals surface area contributed by atoms with Crippen LogP contribution in [0.4, 0.5) is 0 Å². The molecule has 0 aliphatic rings. The average molecular weight is 328 g/mol. The summed E-state index contributed by atoms with van der Waals surface area (Å²) in [5.74, 6) is 0. The predicted octanol–water partition coefficient (Wildman–Crippen LogP) is 4.95. The molecule has 0 amide bonds. The zero-order valence-corrected chi connectivity index (χ0v) is 14.9. The zero-order chi connectivity index (χ0) is 17.3. The Morgan fingerprint density at radius 1 is 0.750 bits per heavy atom. The van der Waals surface area contributed by atoms with Crippen LogP contribution in [0.3, 0.4) is 0 Å². The lowest BCUT2D eigenvalue weighted by Gasteiger charge is -2.23. The standard InChI is InChI=1S/C21H28O3/c1-21(2,3)24-15-14-20(22-16-18-10-6-4-7-11-18)23-17-19-12-8-5-9-13-19/h4-13,20H,14-17H2,1-3H3. The molecule has 0 spiro atoms. The van der Waals surface area contributed by atoms with Crippen LogP contribution in [0.25, 0.3) is 0 Å². The van der Waals surface area contributed by atoms with Gasteiger partial charge in [0.15, 0.2) is 6.29 Å². The summed E-state index contributed by atoms with van der Waals surface area (Å²) in [7, 11) is 0. The maximum atomic E-state index is 5.96. The van der Waals surface area contributed by atoms with Gasteiger partial charge in [-0.15, -0.1) is 0 Å². The van der Waals surface area contributed by atoms with E-state index in [9.17, 15) is 0 Å². The van der Waals surface area contributed by atoms with E-state index in [0.29, 0.717) is 26.2 Å². The molecule has 0 N–H and O–H groups in total. The molecule has 0 saturated carbocycles. The lowest BCUT2D eigenvalue weighted by molar-refractivity contribution is -0.171. The van der Waals surface area contributed by atoms with Gasteiger partial charge in [-0.25, -0.2) is 0 Å².